The topological polar surface area (TPSA) is 81.7 Å². The molecule has 2 N–H and O–H groups in total. The zero-order valence-electron chi connectivity index (χ0n) is 21.2. The number of rotatable bonds is 6. The van der Waals surface area contributed by atoms with Gasteiger partial charge in [-0.2, -0.15) is 0 Å². The van der Waals surface area contributed by atoms with Gasteiger partial charge in [-0.1, -0.05) is 6.92 Å². The summed E-state index contributed by atoms with van der Waals surface area (Å²) in [5, 5.41) is 6.76. The van der Waals surface area contributed by atoms with Gasteiger partial charge in [0, 0.05) is 52.9 Å². The van der Waals surface area contributed by atoms with Gasteiger partial charge >= 0.3 is 6.09 Å². The molecule has 0 radical (unpaired) electrons. The molecule has 2 heterocycles. The number of nitrogens with zero attached hydrogens (tertiary/aromatic N) is 4. The van der Waals surface area contributed by atoms with Crippen LogP contribution < -0.4 is 10.6 Å². The van der Waals surface area contributed by atoms with Crippen molar-refractivity contribution in [1.29, 1.82) is 0 Å². The SMILES string of the molecule is CCN1CCN(CCNC(=NC)NCC2C(C)OC(C)(C)N2C(=O)OC(C)(C)C)CC1.I. The first-order valence-corrected chi connectivity index (χ1v) is 11.6. The van der Waals surface area contributed by atoms with Crippen LogP contribution in [0.5, 0.6) is 0 Å². The fourth-order valence-electron chi connectivity index (χ4n) is 4.21. The van der Waals surface area contributed by atoms with E-state index in [0.29, 0.717) is 6.54 Å². The van der Waals surface area contributed by atoms with E-state index in [-0.39, 0.29) is 42.2 Å². The Balaban J connectivity index is 0.00000512. The Morgan fingerprint density at radius 2 is 1.75 bits per heavy atom. The monoisotopic (exact) mass is 568 g/mol. The zero-order chi connectivity index (χ0) is 23.2. The minimum Gasteiger partial charge on any atom is -0.444 e. The second-order valence-electron chi connectivity index (χ2n) is 9.84. The molecule has 0 aliphatic carbocycles. The first kappa shape index (κ1) is 29.2. The number of amides is 1. The number of hydrogen-bond donors (Lipinski definition) is 2. The largest absolute Gasteiger partial charge is 0.444 e. The van der Waals surface area contributed by atoms with E-state index in [1.54, 1.807) is 11.9 Å². The van der Waals surface area contributed by atoms with Gasteiger partial charge in [-0.25, -0.2) is 4.79 Å². The molecular formula is C22H45IN6O3. The van der Waals surface area contributed by atoms with E-state index < -0.39 is 11.3 Å². The van der Waals surface area contributed by atoms with Gasteiger partial charge in [-0.3, -0.25) is 14.8 Å². The van der Waals surface area contributed by atoms with Crippen molar-refractivity contribution in [3.63, 3.8) is 0 Å². The molecule has 2 rings (SSSR count). The average Bonchev–Trinajstić information content (AvgIpc) is 2.91. The maximum Gasteiger partial charge on any atom is 0.412 e. The molecule has 188 valence electrons. The third-order valence-electron chi connectivity index (χ3n) is 5.85. The van der Waals surface area contributed by atoms with Crippen molar-refractivity contribution in [2.24, 2.45) is 4.99 Å². The van der Waals surface area contributed by atoms with Crippen molar-refractivity contribution in [2.45, 2.75) is 71.9 Å². The molecule has 1 amide bonds. The summed E-state index contributed by atoms with van der Waals surface area (Å²) in [7, 11) is 1.76. The fourth-order valence-corrected chi connectivity index (χ4v) is 4.21. The molecule has 0 aromatic heterocycles. The lowest BCUT2D eigenvalue weighted by Gasteiger charge is -2.35. The number of ether oxygens (including phenoxy) is 2. The molecule has 2 saturated heterocycles. The summed E-state index contributed by atoms with van der Waals surface area (Å²) in [5.41, 5.74) is -1.29. The number of aliphatic imine (C=N–C) groups is 1. The third-order valence-corrected chi connectivity index (χ3v) is 5.85. The number of nitrogens with one attached hydrogen (secondary N) is 2. The maximum atomic E-state index is 12.9. The molecule has 2 unspecified atom stereocenters. The van der Waals surface area contributed by atoms with Gasteiger partial charge in [0.25, 0.3) is 0 Å². The number of carbonyl (C=O) groups excluding carboxylic acids is 1. The smallest absolute Gasteiger partial charge is 0.412 e. The average molecular weight is 569 g/mol. The Kier molecular flexibility index (Phi) is 11.5. The molecule has 0 aromatic rings. The lowest BCUT2D eigenvalue weighted by molar-refractivity contribution is -0.0755. The minimum atomic E-state index is -0.730. The Hall–Kier alpha value is -0.850. The third kappa shape index (κ3) is 8.49. The van der Waals surface area contributed by atoms with E-state index in [1.807, 2.05) is 41.5 Å². The van der Waals surface area contributed by atoms with Gasteiger partial charge in [0.2, 0.25) is 0 Å². The fraction of sp³-hybridized carbons (Fsp3) is 0.909. The quantitative estimate of drug-likeness (QED) is 0.289. The van der Waals surface area contributed by atoms with Crippen LogP contribution in [-0.4, -0.2) is 110 Å². The Labute approximate surface area is 211 Å². The number of halogens is 1. The standard InChI is InChI=1S/C22H44N6O3.HI/c1-9-26-12-14-27(15-13-26)11-10-24-19(23-8)25-16-18-17(2)30-22(6,7)28(18)20(29)31-21(3,4)5;/h17-18H,9-16H2,1-8H3,(H2,23,24,25);1H. The van der Waals surface area contributed by atoms with Crippen LogP contribution in [0, 0.1) is 0 Å². The molecule has 9 nitrogen and oxygen atoms in total. The van der Waals surface area contributed by atoms with Crippen molar-refractivity contribution < 1.29 is 14.3 Å². The summed E-state index contributed by atoms with van der Waals surface area (Å²) < 4.78 is 11.7. The Bertz CT molecular complexity index is 617. The van der Waals surface area contributed by atoms with Crippen LogP contribution >= 0.6 is 24.0 Å². The number of likely N-dealkylation sites (N-methyl/N-ethyl adjacent to an activating group) is 1. The van der Waals surface area contributed by atoms with E-state index in [4.69, 9.17) is 9.47 Å². The van der Waals surface area contributed by atoms with Crippen LogP contribution in [0.3, 0.4) is 0 Å². The van der Waals surface area contributed by atoms with Crippen molar-refractivity contribution in [3.05, 3.63) is 0 Å². The number of guanidine groups is 1. The molecule has 0 bridgehead atoms. The van der Waals surface area contributed by atoms with Gasteiger partial charge in [0.05, 0.1) is 12.1 Å². The lowest BCUT2D eigenvalue weighted by atomic mass is 10.1. The number of piperazine rings is 1. The highest BCUT2D eigenvalue weighted by Crippen LogP contribution is 2.33. The molecule has 32 heavy (non-hydrogen) atoms. The summed E-state index contributed by atoms with van der Waals surface area (Å²) in [6, 6.07) is -0.162. The summed E-state index contributed by atoms with van der Waals surface area (Å²) in [5.74, 6) is 0.730. The molecule has 2 aliphatic heterocycles. The van der Waals surface area contributed by atoms with Crippen LogP contribution in [0.25, 0.3) is 0 Å². The van der Waals surface area contributed by atoms with Crippen LogP contribution in [0.4, 0.5) is 4.79 Å². The predicted molar refractivity (Wildman–Crippen MR) is 140 cm³/mol. The van der Waals surface area contributed by atoms with Crippen molar-refractivity contribution in [3.8, 4) is 0 Å². The van der Waals surface area contributed by atoms with E-state index in [2.05, 4.69) is 32.3 Å². The van der Waals surface area contributed by atoms with Crippen LogP contribution in [0.1, 0.15) is 48.5 Å². The molecule has 0 saturated carbocycles. The summed E-state index contributed by atoms with van der Waals surface area (Å²) in [6.45, 7) is 21.6. The highest BCUT2D eigenvalue weighted by molar-refractivity contribution is 14.0. The van der Waals surface area contributed by atoms with Crippen molar-refractivity contribution in [2.75, 3.05) is 59.4 Å². The first-order chi connectivity index (χ1) is 14.5. The van der Waals surface area contributed by atoms with Gasteiger partial charge in [-0.15, -0.1) is 24.0 Å². The van der Waals surface area contributed by atoms with Crippen molar-refractivity contribution >= 4 is 36.0 Å². The van der Waals surface area contributed by atoms with Gasteiger partial charge in [0.15, 0.2) is 5.96 Å². The Morgan fingerprint density at radius 1 is 1.16 bits per heavy atom. The normalized spacial score (nSPS) is 24.8. The molecule has 10 heteroatoms. The molecular weight excluding hydrogens is 523 g/mol. The molecule has 2 fully saturated rings. The molecule has 2 aliphatic rings. The van der Waals surface area contributed by atoms with Crippen LogP contribution in [-0.2, 0) is 9.47 Å². The van der Waals surface area contributed by atoms with Crippen molar-refractivity contribution in [1.82, 2.24) is 25.3 Å². The highest BCUT2D eigenvalue weighted by Gasteiger charge is 2.49. The summed E-state index contributed by atoms with van der Waals surface area (Å²) in [6.07, 6.45) is -0.481. The summed E-state index contributed by atoms with van der Waals surface area (Å²) in [4.78, 5) is 23.9. The number of hydrogen-bond acceptors (Lipinski definition) is 6. The second kappa shape index (κ2) is 12.6. The maximum absolute atomic E-state index is 12.9. The van der Waals surface area contributed by atoms with Crippen LogP contribution in [0.15, 0.2) is 4.99 Å². The van der Waals surface area contributed by atoms with E-state index >= 15 is 0 Å². The molecule has 2 atom stereocenters. The van der Waals surface area contributed by atoms with Crippen LogP contribution in [0.2, 0.25) is 0 Å². The predicted octanol–water partition coefficient (Wildman–Crippen LogP) is 2.17. The lowest BCUT2D eigenvalue weighted by Crippen LogP contribution is -2.55. The first-order valence-electron chi connectivity index (χ1n) is 11.6. The molecule has 0 aromatic carbocycles. The summed E-state index contributed by atoms with van der Waals surface area (Å²) >= 11 is 0. The molecule has 0 spiro atoms. The van der Waals surface area contributed by atoms with E-state index in [1.165, 1.54) is 0 Å². The van der Waals surface area contributed by atoms with Gasteiger partial charge in [0.1, 0.15) is 11.3 Å². The van der Waals surface area contributed by atoms with E-state index in [9.17, 15) is 4.79 Å². The van der Waals surface area contributed by atoms with E-state index in [0.717, 1.165) is 51.8 Å². The van der Waals surface area contributed by atoms with Gasteiger partial charge < -0.3 is 25.0 Å². The number of carbonyl (C=O) groups is 1. The van der Waals surface area contributed by atoms with Gasteiger partial charge in [-0.05, 0) is 48.1 Å². The minimum absolute atomic E-state index is 0. The second-order valence-corrected chi connectivity index (χ2v) is 9.84. The Morgan fingerprint density at radius 3 is 2.28 bits per heavy atom. The highest BCUT2D eigenvalue weighted by atomic mass is 127. The zero-order valence-corrected chi connectivity index (χ0v) is 23.6.